The number of hydrogen-bond acceptors (Lipinski definition) is 5. The van der Waals surface area contributed by atoms with E-state index in [-0.39, 0.29) is 0 Å². The fraction of sp³-hybridized carbons (Fsp3) is 0.0417. The van der Waals surface area contributed by atoms with Gasteiger partial charge in [-0.2, -0.15) is 5.10 Å². The normalized spacial score (nSPS) is 12.5. The number of hydrazone groups is 1. The third kappa shape index (κ3) is 4.08. The number of nitrogens with zero attached hydrogens (tertiary/aromatic N) is 3. The van der Waals surface area contributed by atoms with Crippen molar-refractivity contribution in [3.63, 3.8) is 0 Å². The Bertz CT molecular complexity index is 1240. The predicted octanol–water partition coefficient (Wildman–Crippen LogP) is 5.65. The van der Waals surface area contributed by atoms with Crippen LogP contribution in [-0.4, -0.2) is 23.8 Å². The Morgan fingerprint density at radius 1 is 0.968 bits per heavy atom. The number of rotatable bonds is 4. The molecular formula is C24H19N5OS. The molecule has 31 heavy (non-hydrogen) atoms. The Hall–Kier alpha value is -3.84. The molecule has 0 spiro atoms. The van der Waals surface area contributed by atoms with Crippen molar-refractivity contribution in [3.8, 4) is 0 Å². The van der Waals surface area contributed by atoms with E-state index in [0.29, 0.717) is 12.2 Å². The number of anilines is 3. The van der Waals surface area contributed by atoms with E-state index in [2.05, 4.69) is 50.0 Å². The summed E-state index contributed by atoms with van der Waals surface area (Å²) in [5.74, 6) is 0. The van der Waals surface area contributed by atoms with Gasteiger partial charge in [0, 0.05) is 33.3 Å². The smallest absolute Gasteiger partial charge is 0.334 e. The molecule has 0 fully saturated rings. The zero-order chi connectivity index (χ0) is 21.0. The lowest BCUT2D eigenvalue weighted by Crippen LogP contribution is -2.26. The minimum absolute atomic E-state index is 0.401. The third-order valence-corrected chi connectivity index (χ3v) is 6.05. The zero-order valence-corrected chi connectivity index (χ0v) is 17.3. The molecule has 2 amide bonds. The molecule has 1 aromatic heterocycles. The van der Waals surface area contributed by atoms with Gasteiger partial charge >= 0.3 is 6.03 Å². The van der Waals surface area contributed by atoms with E-state index in [1.165, 1.54) is 9.79 Å². The van der Waals surface area contributed by atoms with Crippen LogP contribution in [0, 0.1) is 0 Å². The fourth-order valence-corrected chi connectivity index (χ4v) is 4.60. The van der Waals surface area contributed by atoms with Crippen LogP contribution in [0.3, 0.4) is 0 Å². The van der Waals surface area contributed by atoms with Crippen LogP contribution in [-0.2, 0) is 0 Å². The van der Waals surface area contributed by atoms with Crippen molar-refractivity contribution in [2.75, 3.05) is 16.8 Å². The summed E-state index contributed by atoms with van der Waals surface area (Å²) < 4.78 is 0. The van der Waals surface area contributed by atoms with E-state index in [1.807, 2.05) is 54.6 Å². The summed E-state index contributed by atoms with van der Waals surface area (Å²) in [6.07, 6.45) is 3.43. The Morgan fingerprint density at radius 2 is 1.71 bits per heavy atom. The highest BCUT2D eigenvalue weighted by molar-refractivity contribution is 7.99. The molecule has 5 rings (SSSR count). The van der Waals surface area contributed by atoms with Crippen LogP contribution < -0.4 is 15.6 Å². The number of aromatic nitrogens is 1. The molecule has 0 aliphatic carbocycles. The summed E-state index contributed by atoms with van der Waals surface area (Å²) in [5.41, 5.74) is 6.28. The van der Waals surface area contributed by atoms with Gasteiger partial charge in [-0.1, -0.05) is 48.2 Å². The van der Waals surface area contributed by atoms with Crippen molar-refractivity contribution < 1.29 is 4.79 Å². The molecule has 3 aromatic carbocycles. The van der Waals surface area contributed by atoms with Crippen molar-refractivity contribution in [2.24, 2.45) is 5.10 Å². The molecule has 0 saturated carbocycles. The van der Waals surface area contributed by atoms with Crippen molar-refractivity contribution in [1.29, 1.82) is 0 Å². The maximum absolute atomic E-state index is 12.2. The highest BCUT2D eigenvalue weighted by Crippen LogP contribution is 2.47. The van der Waals surface area contributed by atoms with Crippen LogP contribution in [0.5, 0.6) is 0 Å². The number of amides is 2. The first-order valence-corrected chi connectivity index (χ1v) is 10.7. The van der Waals surface area contributed by atoms with Gasteiger partial charge in [-0.15, -0.1) is 0 Å². The second kappa shape index (κ2) is 8.49. The van der Waals surface area contributed by atoms with E-state index in [0.717, 1.165) is 22.3 Å². The van der Waals surface area contributed by atoms with Gasteiger partial charge in [0.2, 0.25) is 0 Å². The molecule has 0 atom stereocenters. The largest absolute Gasteiger partial charge is 0.339 e. The summed E-state index contributed by atoms with van der Waals surface area (Å²) in [6.45, 7) is 0.536. The fourth-order valence-electron chi connectivity index (χ4n) is 3.51. The minimum Gasteiger partial charge on any atom is -0.334 e. The number of urea groups is 1. The summed E-state index contributed by atoms with van der Waals surface area (Å²) in [7, 11) is 0. The van der Waals surface area contributed by atoms with Gasteiger partial charge in [-0.25, -0.2) is 10.2 Å². The Morgan fingerprint density at radius 3 is 2.48 bits per heavy atom. The quantitative estimate of drug-likeness (QED) is 0.328. The topological polar surface area (TPSA) is 69.6 Å². The first kappa shape index (κ1) is 19.1. The predicted molar refractivity (Wildman–Crippen MR) is 126 cm³/mol. The summed E-state index contributed by atoms with van der Waals surface area (Å²) >= 11 is 1.76. The van der Waals surface area contributed by atoms with E-state index in [9.17, 15) is 4.79 Å². The summed E-state index contributed by atoms with van der Waals surface area (Å²) in [4.78, 5) is 21.1. The number of nitrogens with one attached hydrogen (secondary N) is 2. The number of benzene rings is 3. The molecule has 4 aromatic rings. The SMILES string of the molecule is O=C(NN=CCN1c2ccccc2Sc2ccccc21)Nc1ccc2cccnc2c1. The first-order valence-electron chi connectivity index (χ1n) is 9.85. The molecule has 2 N–H and O–H groups in total. The molecule has 1 aliphatic rings. The van der Waals surface area contributed by atoms with Gasteiger partial charge in [-0.3, -0.25) is 4.98 Å². The summed E-state index contributed by atoms with van der Waals surface area (Å²) in [5, 5.41) is 7.92. The van der Waals surface area contributed by atoms with Gasteiger partial charge in [0.05, 0.1) is 23.4 Å². The lowest BCUT2D eigenvalue weighted by atomic mass is 10.2. The lowest BCUT2D eigenvalue weighted by Gasteiger charge is -2.31. The number of hydrogen-bond donors (Lipinski definition) is 2. The average molecular weight is 426 g/mol. The number of pyridine rings is 1. The van der Waals surface area contributed by atoms with Gasteiger partial charge in [0.1, 0.15) is 0 Å². The van der Waals surface area contributed by atoms with Crippen LogP contribution in [0.25, 0.3) is 10.9 Å². The molecule has 7 heteroatoms. The number of carbonyl (C=O) groups excluding carboxylic acids is 1. The van der Waals surface area contributed by atoms with Crippen LogP contribution in [0.4, 0.5) is 21.9 Å². The highest BCUT2D eigenvalue weighted by Gasteiger charge is 2.21. The molecule has 2 heterocycles. The maximum Gasteiger partial charge on any atom is 0.339 e. The van der Waals surface area contributed by atoms with Gasteiger partial charge in [0.25, 0.3) is 0 Å². The van der Waals surface area contributed by atoms with Crippen LogP contribution >= 0.6 is 11.8 Å². The van der Waals surface area contributed by atoms with E-state index >= 15 is 0 Å². The Balaban J connectivity index is 1.25. The van der Waals surface area contributed by atoms with Crippen molar-refractivity contribution >= 4 is 52.0 Å². The standard InChI is InChI=1S/C24H19N5OS/c30-24(27-18-12-11-17-6-5-13-25-19(17)16-18)28-26-14-15-29-20-7-1-3-9-22(20)31-23-10-4-2-8-21(23)29/h1-14,16H,15H2,(H2,27,28,30). The number of carbonyl (C=O) groups is 1. The van der Waals surface area contributed by atoms with E-state index < -0.39 is 6.03 Å². The third-order valence-electron chi connectivity index (χ3n) is 4.92. The van der Waals surface area contributed by atoms with E-state index in [1.54, 1.807) is 24.2 Å². The molecule has 0 saturated heterocycles. The second-order valence-electron chi connectivity index (χ2n) is 6.94. The number of fused-ring (bicyclic) bond motifs is 3. The van der Waals surface area contributed by atoms with Gasteiger partial charge < -0.3 is 10.2 Å². The van der Waals surface area contributed by atoms with Crippen molar-refractivity contribution in [1.82, 2.24) is 10.4 Å². The molecular weight excluding hydrogens is 406 g/mol. The second-order valence-corrected chi connectivity index (χ2v) is 8.02. The molecule has 152 valence electrons. The minimum atomic E-state index is -0.401. The summed E-state index contributed by atoms with van der Waals surface area (Å²) in [6, 6.07) is 25.6. The van der Waals surface area contributed by atoms with Crippen LogP contribution in [0.15, 0.2) is 100.0 Å². The Kier molecular flexibility index (Phi) is 5.24. The van der Waals surface area contributed by atoms with Crippen LogP contribution in [0.2, 0.25) is 0 Å². The monoisotopic (exact) mass is 425 g/mol. The first-order chi connectivity index (χ1) is 15.3. The highest BCUT2D eigenvalue weighted by atomic mass is 32.2. The van der Waals surface area contributed by atoms with E-state index in [4.69, 9.17) is 0 Å². The molecule has 6 nitrogen and oxygen atoms in total. The molecule has 0 unspecified atom stereocenters. The average Bonchev–Trinajstić information content (AvgIpc) is 2.81. The van der Waals surface area contributed by atoms with Crippen LogP contribution in [0.1, 0.15) is 0 Å². The van der Waals surface area contributed by atoms with Crippen molar-refractivity contribution in [3.05, 3.63) is 85.1 Å². The van der Waals surface area contributed by atoms with Crippen molar-refractivity contribution in [2.45, 2.75) is 9.79 Å². The molecule has 1 aliphatic heterocycles. The molecule has 0 radical (unpaired) electrons. The van der Waals surface area contributed by atoms with Gasteiger partial charge in [-0.05, 0) is 42.5 Å². The number of para-hydroxylation sites is 2. The lowest BCUT2D eigenvalue weighted by molar-refractivity contribution is 0.252. The zero-order valence-electron chi connectivity index (χ0n) is 16.5. The molecule has 0 bridgehead atoms. The Labute approximate surface area is 184 Å². The maximum atomic E-state index is 12.2. The van der Waals surface area contributed by atoms with Gasteiger partial charge in [0.15, 0.2) is 0 Å².